The van der Waals surface area contributed by atoms with E-state index in [0.717, 1.165) is 63.8 Å². The Hall–Kier alpha value is -1.07. The van der Waals surface area contributed by atoms with Crippen molar-refractivity contribution in [1.29, 1.82) is 0 Å². The first kappa shape index (κ1) is 14.3. The van der Waals surface area contributed by atoms with Crippen LogP contribution in [-0.2, 0) is 11.3 Å². The van der Waals surface area contributed by atoms with E-state index >= 15 is 0 Å². The smallest absolute Gasteiger partial charge is 0.205 e. The van der Waals surface area contributed by atoms with Gasteiger partial charge in [0.1, 0.15) is 0 Å². The van der Waals surface area contributed by atoms with Crippen LogP contribution in [0.25, 0.3) is 0 Å². The third-order valence-corrected chi connectivity index (χ3v) is 3.51. The molecule has 2 N–H and O–H groups in total. The Morgan fingerprint density at radius 1 is 1.53 bits per heavy atom. The molecule has 0 spiro atoms. The van der Waals surface area contributed by atoms with E-state index in [1.54, 1.807) is 0 Å². The predicted molar refractivity (Wildman–Crippen MR) is 77.5 cm³/mol. The standard InChI is InChI=1S/C14H26N4O/c1-3-19-9-5-8-17-10-12(2)16-14(17)18-7-4-6-13(15)11-18/h10,13H,3-9,11,15H2,1-2H3/t13-/m1/s1. The van der Waals surface area contributed by atoms with Gasteiger partial charge in [-0.25, -0.2) is 4.98 Å². The molecule has 1 atom stereocenters. The molecule has 5 heteroatoms. The van der Waals surface area contributed by atoms with Crippen LogP contribution < -0.4 is 10.6 Å². The normalized spacial score (nSPS) is 19.9. The zero-order valence-electron chi connectivity index (χ0n) is 12.1. The van der Waals surface area contributed by atoms with Crippen LogP contribution in [0, 0.1) is 6.92 Å². The number of nitrogens with two attached hydrogens (primary N) is 1. The van der Waals surface area contributed by atoms with Gasteiger partial charge in [0, 0.05) is 45.1 Å². The van der Waals surface area contributed by atoms with E-state index in [-0.39, 0.29) is 6.04 Å². The maximum absolute atomic E-state index is 6.06. The number of aromatic nitrogens is 2. The summed E-state index contributed by atoms with van der Waals surface area (Å²) < 4.78 is 7.64. The van der Waals surface area contributed by atoms with Gasteiger partial charge in [0.05, 0.1) is 5.69 Å². The van der Waals surface area contributed by atoms with Gasteiger partial charge >= 0.3 is 0 Å². The molecule has 0 aliphatic carbocycles. The second kappa shape index (κ2) is 6.91. The van der Waals surface area contributed by atoms with Crippen molar-refractivity contribution < 1.29 is 4.74 Å². The molecule has 5 nitrogen and oxygen atoms in total. The average molecular weight is 266 g/mol. The number of aryl methyl sites for hydroxylation is 2. The lowest BCUT2D eigenvalue weighted by Crippen LogP contribution is -2.44. The number of ether oxygens (including phenoxy) is 1. The summed E-state index contributed by atoms with van der Waals surface area (Å²) in [7, 11) is 0. The van der Waals surface area contributed by atoms with Gasteiger partial charge in [0.15, 0.2) is 0 Å². The minimum absolute atomic E-state index is 0.280. The van der Waals surface area contributed by atoms with E-state index in [2.05, 4.69) is 20.6 Å². The van der Waals surface area contributed by atoms with Crippen LogP contribution in [0.3, 0.4) is 0 Å². The third-order valence-electron chi connectivity index (χ3n) is 3.51. The summed E-state index contributed by atoms with van der Waals surface area (Å²) in [5.41, 5.74) is 7.13. The Bertz CT molecular complexity index is 391. The maximum Gasteiger partial charge on any atom is 0.205 e. The van der Waals surface area contributed by atoms with Crippen molar-refractivity contribution in [2.75, 3.05) is 31.2 Å². The Kier molecular flexibility index (Phi) is 5.22. The zero-order valence-corrected chi connectivity index (χ0v) is 12.1. The molecule has 0 amide bonds. The molecule has 108 valence electrons. The number of piperidine rings is 1. The molecule has 0 saturated carbocycles. The lowest BCUT2D eigenvalue weighted by atomic mass is 10.1. The number of rotatable bonds is 6. The number of hydrogen-bond acceptors (Lipinski definition) is 4. The van der Waals surface area contributed by atoms with E-state index in [1.165, 1.54) is 0 Å². The van der Waals surface area contributed by atoms with Crippen LogP contribution >= 0.6 is 0 Å². The highest BCUT2D eigenvalue weighted by Crippen LogP contribution is 2.19. The first-order valence-electron chi connectivity index (χ1n) is 7.32. The van der Waals surface area contributed by atoms with Crippen molar-refractivity contribution in [3.63, 3.8) is 0 Å². The van der Waals surface area contributed by atoms with Crippen LogP contribution in [0.15, 0.2) is 6.20 Å². The van der Waals surface area contributed by atoms with E-state index in [9.17, 15) is 0 Å². The Morgan fingerprint density at radius 3 is 3.11 bits per heavy atom. The molecule has 1 aromatic heterocycles. The molecule has 2 rings (SSSR count). The van der Waals surface area contributed by atoms with Gasteiger partial charge in [-0.1, -0.05) is 0 Å². The summed E-state index contributed by atoms with van der Waals surface area (Å²) >= 11 is 0. The van der Waals surface area contributed by atoms with Crippen LogP contribution in [-0.4, -0.2) is 41.9 Å². The summed E-state index contributed by atoms with van der Waals surface area (Å²) in [5.74, 6) is 1.07. The predicted octanol–water partition coefficient (Wildman–Crippen LogP) is 1.55. The van der Waals surface area contributed by atoms with Crippen molar-refractivity contribution in [2.45, 2.75) is 45.7 Å². The fraction of sp³-hybridized carbons (Fsp3) is 0.786. The third kappa shape index (κ3) is 3.94. The van der Waals surface area contributed by atoms with Gasteiger partial charge in [-0.3, -0.25) is 0 Å². The number of imidazole rings is 1. The van der Waals surface area contributed by atoms with Gasteiger partial charge in [-0.2, -0.15) is 0 Å². The molecule has 0 radical (unpaired) electrons. The molecule has 0 unspecified atom stereocenters. The van der Waals surface area contributed by atoms with Gasteiger partial charge in [-0.05, 0) is 33.1 Å². The van der Waals surface area contributed by atoms with E-state index in [1.807, 2.05) is 13.8 Å². The van der Waals surface area contributed by atoms with Crippen LogP contribution in [0.2, 0.25) is 0 Å². The summed E-state index contributed by atoms with van der Waals surface area (Å²) in [6.45, 7) is 8.62. The van der Waals surface area contributed by atoms with Gasteiger partial charge < -0.3 is 19.9 Å². The van der Waals surface area contributed by atoms with Crippen LogP contribution in [0.4, 0.5) is 5.95 Å². The van der Waals surface area contributed by atoms with Crippen LogP contribution in [0.5, 0.6) is 0 Å². The molecule has 2 heterocycles. The lowest BCUT2D eigenvalue weighted by molar-refractivity contribution is 0.141. The Balaban J connectivity index is 1.98. The molecular formula is C14H26N4O. The van der Waals surface area contributed by atoms with E-state index in [4.69, 9.17) is 10.5 Å². The molecule has 0 aromatic carbocycles. The molecule has 19 heavy (non-hydrogen) atoms. The van der Waals surface area contributed by atoms with Gasteiger partial charge in [0.25, 0.3) is 0 Å². The zero-order chi connectivity index (χ0) is 13.7. The second-order valence-corrected chi connectivity index (χ2v) is 5.27. The summed E-state index contributed by atoms with van der Waals surface area (Å²) in [4.78, 5) is 6.98. The highest BCUT2D eigenvalue weighted by atomic mass is 16.5. The fourth-order valence-corrected chi connectivity index (χ4v) is 2.62. The molecule has 0 bridgehead atoms. The van der Waals surface area contributed by atoms with E-state index < -0.39 is 0 Å². The minimum Gasteiger partial charge on any atom is -0.382 e. The van der Waals surface area contributed by atoms with E-state index in [0.29, 0.717) is 0 Å². The SMILES string of the molecule is CCOCCCn1cc(C)nc1N1CCC[C@@H](N)C1. The summed E-state index contributed by atoms with van der Waals surface area (Å²) in [5, 5.41) is 0. The van der Waals surface area contributed by atoms with Crippen LogP contribution in [0.1, 0.15) is 31.9 Å². The molecule has 1 saturated heterocycles. The number of anilines is 1. The van der Waals surface area contributed by atoms with Crippen molar-refractivity contribution in [1.82, 2.24) is 9.55 Å². The summed E-state index contributed by atoms with van der Waals surface area (Å²) in [6.07, 6.45) is 5.44. The van der Waals surface area contributed by atoms with Crippen molar-refractivity contribution in [3.05, 3.63) is 11.9 Å². The summed E-state index contributed by atoms with van der Waals surface area (Å²) in [6, 6.07) is 0.280. The van der Waals surface area contributed by atoms with Crippen molar-refractivity contribution in [3.8, 4) is 0 Å². The number of hydrogen-bond donors (Lipinski definition) is 1. The topological polar surface area (TPSA) is 56.3 Å². The first-order valence-corrected chi connectivity index (χ1v) is 7.32. The van der Waals surface area contributed by atoms with Crippen molar-refractivity contribution in [2.24, 2.45) is 5.73 Å². The molecule has 1 aliphatic heterocycles. The van der Waals surface area contributed by atoms with Gasteiger partial charge in [-0.15, -0.1) is 0 Å². The lowest BCUT2D eigenvalue weighted by Gasteiger charge is -2.31. The molecule has 1 aliphatic rings. The molecule has 1 fully saturated rings. The fourth-order valence-electron chi connectivity index (χ4n) is 2.62. The van der Waals surface area contributed by atoms with Gasteiger partial charge in [0.2, 0.25) is 5.95 Å². The number of nitrogens with zero attached hydrogens (tertiary/aromatic N) is 3. The quantitative estimate of drug-likeness (QED) is 0.794. The Morgan fingerprint density at radius 2 is 2.37 bits per heavy atom. The van der Waals surface area contributed by atoms with Crippen molar-refractivity contribution >= 4 is 5.95 Å². The maximum atomic E-state index is 6.06. The molecular weight excluding hydrogens is 240 g/mol. The highest BCUT2D eigenvalue weighted by molar-refractivity contribution is 5.34. The Labute approximate surface area is 115 Å². The second-order valence-electron chi connectivity index (χ2n) is 5.27. The first-order chi connectivity index (χ1) is 9.20. The molecule has 1 aromatic rings. The largest absolute Gasteiger partial charge is 0.382 e. The highest BCUT2D eigenvalue weighted by Gasteiger charge is 2.20. The monoisotopic (exact) mass is 266 g/mol. The average Bonchev–Trinajstić information content (AvgIpc) is 2.76. The minimum atomic E-state index is 0.280.